The SMILES string of the molecule is O=C(O)CC1(c2ccccc2)CC(=O)c2ccccc2O1. The third kappa shape index (κ3) is 2.40. The van der Waals surface area contributed by atoms with Crippen molar-refractivity contribution in [3.05, 3.63) is 65.7 Å². The molecular formula is C17H14O4. The van der Waals surface area contributed by atoms with Gasteiger partial charge in [-0.15, -0.1) is 0 Å². The normalized spacial score (nSPS) is 20.5. The smallest absolute Gasteiger partial charge is 0.307 e. The number of carbonyl (C=O) groups is 2. The van der Waals surface area contributed by atoms with Gasteiger partial charge in [-0.1, -0.05) is 42.5 Å². The molecule has 0 radical (unpaired) electrons. The Morgan fingerprint density at radius 2 is 1.76 bits per heavy atom. The maximum Gasteiger partial charge on any atom is 0.307 e. The van der Waals surface area contributed by atoms with Crippen molar-refractivity contribution in [2.75, 3.05) is 0 Å². The predicted octanol–water partition coefficient (Wildman–Crippen LogP) is 3.02. The first-order chi connectivity index (χ1) is 10.1. The first-order valence-corrected chi connectivity index (χ1v) is 6.69. The molecule has 0 aliphatic carbocycles. The van der Waals surface area contributed by atoms with E-state index in [1.165, 1.54) is 0 Å². The molecule has 0 amide bonds. The zero-order valence-corrected chi connectivity index (χ0v) is 11.3. The molecular weight excluding hydrogens is 268 g/mol. The van der Waals surface area contributed by atoms with Crippen molar-refractivity contribution < 1.29 is 19.4 Å². The average Bonchev–Trinajstić information content (AvgIpc) is 2.47. The van der Waals surface area contributed by atoms with Crippen molar-refractivity contribution in [1.29, 1.82) is 0 Å². The molecule has 106 valence electrons. The van der Waals surface area contributed by atoms with Gasteiger partial charge in [-0.25, -0.2) is 0 Å². The van der Waals surface area contributed by atoms with Crippen LogP contribution in [0.3, 0.4) is 0 Å². The summed E-state index contributed by atoms with van der Waals surface area (Å²) >= 11 is 0. The number of rotatable bonds is 3. The minimum absolute atomic E-state index is 0.0281. The average molecular weight is 282 g/mol. The molecule has 1 aliphatic rings. The minimum atomic E-state index is -1.14. The van der Waals surface area contributed by atoms with Crippen LogP contribution in [0.5, 0.6) is 5.75 Å². The van der Waals surface area contributed by atoms with Gasteiger partial charge < -0.3 is 9.84 Å². The molecule has 0 saturated heterocycles. The van der Waals surface area contributed by atoms with Crippen LogP contribution < -0.4 is 4.74 Å². The van der Waals surface area contributed by atoms with Gasteiger partial charge in [0, 0.05) is 0 Å². The number of carbonyl (C=O) groups excluding carboxylic acids is 1. The lowest BCUT2D eigenvalue weighted by Crippen LogP contribution is -2.41. The number of carboxylic acids is 1. The van der Waals surface area contributed by atoms with Crippen molar-refractivity contribution >= 4 is 11.8 Å². The van der Waals surface area contributed by atoms with E-state index in [2.05, 4.69) is 0 Å². The van der Waals surface area contributed by atoms with Crippen molar-refractivity contribution in [3.8, 4) is 5.75 Å². The number of carboxylic acid groups (broad SMARTS) is 1. The Morgan fingerprint density at radius 1 is 1.10 bits per heavy atom. The van der Waals surface area contributed by atoms with Gasteiger partial charge in [0.15, 0.2) is 11.4 Å². The van der Waals surface area contributed by atoms with E-state index in [0.717, 1.165) is 0 Å². The molecule has 1 atom stereocenters. The quantitative estimate of drug-likeness (QED) is 0.939. The standard InChI is InChI=1S/C17H14O4/c18-14-10-17(11-16(19)20,12-6-2-1-3-7-12)21-15-9-5-4-8-13(14)15/h1-9H,10-11H2,(H,19,20). The van der Waals surface area contributed by atoms with E-state index in [1.807, 2.05) is 18.2 Å². The number of hydrogen-bond donors (Lipinski definition) is 1. The molecule has 1 N–H and O–H groups in total. The summed E-state index contributed by atoms with van der Waals surface area (Å²) in [6.07, 6.45) is -0.225. The number of aliphatic carboxylic acids is 1. The van der Waals surface area contributed by atoms with Gasteiger partial charge in [0.2, 0.25) is 0 Å². The molecule has 3 rings (SSSR count). The molecule has 0 fully saturated rings. The van der Waals surface area contributed by atoms with Crippen LogP contribution in [-0.4, -0.2) is 16.9 Å². The lowest BCUT2D eigenvalue weighted by atomic mass is 9.82. The Morgan fingerprint density at radius 3 is 2.48 bits per heavy atom. The third-order valence-electron chi connectivity index (χ3n) is 3.68. The number of benzene rings is 2. The summed E-state index contributed by atoms with van der Waals surface area (Å²) in [5, 5.41) is 9.24. The third-order valence-corrected chi connectivity index (χ3v) is 3.68. The van der Waals surface area contributed by atoms with Gasteiger partial charge in [-0.05, 0) is 17.7 Å². The molecule has 0 saturated carbocycles. The monoisotopic (exact) mass is 282 g/mol. The van der Waals surface area contributed by atoms with E-state index in [-0.39, 0.29) is 18.6 Å². The second-order valence-corrected chi connectivity index (χ2v) is 5.13. The molecule has 21 heavy (non-hydrogen) atoms. The molecule has 0 aromatic heterocycles. The maximum absolute atomic E-state index is 12.4. The number of Topliss-reactive ketones (excluding diaryl/α,β-unsaturated/α-hetero) is 1. The fraction of sp³-hybridized carbons (Fsp3) is 0.176. The van der Waals surface area contributed by atoms with Crippen molar-refractivity contribution in [3.63, 3.8) is 0 Å². The Balaban J connectivity index is 2.11. The van der Waals surface area contributed by atoms with Gasteiger partial charge in [-0.3, -0.25) is 9.59 Å². The molecule has 1 aliphatic heterocycles. The molecule has 1 heterocycles. The van der Waals surface area contributed by atoms with Crippen LogP contribution >= 0.6 is 0 Å². The topological polar surface area (TPSA) is 63.6 Å². The van der Waals surface area contributed by atoms with Crippen LogP contribution in [0.1, 0.15) is 28.8 Å². The summed E-state index contributed by atoms with van der Waals surface area (Å²) in [5.74, 6) is -0.646. The highest BCUT2D eigenvalue weighted by Gasteiger charge is 2.43. The largest absolute Gasteiger partial charge is 0.481 e. The van der Waals surface area contributed by atoms with Gasteiger partial charge in [0.25, 0.3) is 0 Å². The Bertz CT molecular complexity index is 693. The molecule has 2 aromatic carbocycles. The van der Waals surface area contributed by atoms with E-state index in [4.69, 9.17) is 4.74 Å². The van der Waals surface area contributed by atoms with Gasteiger partial charge in [-0.2, -0.15) is 0 Å². The predicted molar refractivity (Wildman–Crippen MR) is 76.4 cm³/mol. The molecule has 4 heteroatoms. The molecule has 0 spiro atoms. The summed E-state index contributed by atoms with van der Waals surface area (Å²) in [6, 6.07) is 16.0. The summed E-state index contributed by atoms with van der Waals surface area (Å²) in [5.41, 5.74) is 0.0723. The minimum Gasteiger partial charge on any atom is -0.481 e. The zero-order valence-electron chi connectivity index (χ0n) is 11.3. The Hall–Kier alpha value is -2.62. The summed E-state index contributed by atoms with van der Waals surface area (Å²) in [4.78, 5) is 23.7. The van der Waals surface area contributed by atoms with Gasteiger partial charge in [0.1, 0.15) is 5.75 Å². The number of para-hydroxylation sites is 1. The zero-order chi connectivity index (χ0) is 14.9. The molecule has 1 unspecified atom stereocenters. The Kier molecular flexibility index (Phi) is 3.22. The van der Waals surface area contributed by atoms with E-state index in [1.54, 1.807) is 36.4 Å². The number of fused-ring (bicyclic) bond motifs is 1. The van der Waals surface area contributed by atoms with Crippen LogP contribution in [0.2, 0.25) is 0 Å². The van der Waals surface area contributed by atoms with E-state index >= 15 is 0 Å². The van der Waals surface area contributed by atoms with Crippen LogP contribution in [-0.2, 0) is 10.4 Å². The maximum atomic E-state index is 12.4. The van der Waals surface area contributed by atoms with E-state index < -0.39 is 11.6 Å². The van der Waals surface area contributed by atoms with Gasteiger partial charge >= 0.3 is 5.97 Å². The molecule has 4 nitrogen and oxygen atoms in total. The van der Waals surface area contributed by atoms with Crippen LogP contribution in [0.4, 0.5) is 0 Å². The van der Waals surface area contributed by atoms with E-state index in [0.29, 0.717) is 16.9 Å². The first-order valence-electron chi connectivity index (χ1n) is 6.69. The molecule has 2 aromatic rings. The van der Waals surface area contributed by atoms with Crippen molar-refractivity contribution in [2.24, 2.45) is 0 Å². The second kappa shape index (κ2) is 5.05. The lowest BCUT2D eigenvalue weighted by Gasteiger charge is -2.37. The number of ether oxygens (including phenoxy) is 1. The lowest BCUT2D eigenvalue weighted by molar-refractivity contribution is -0.142. The number of ketones is 1. The summed E-state index contributed by atoms with van der Waals surface area (Å²) < 4.78 is 5.99. The highest BCUT2D eigenvalue weighted by Crippen LogP contribution is 2.41. The fourth-order valence-electron chi connectivity index (χ4n) is 2.73. The fourth-order valence-corrected chi connectivity index (χ4v) is 2.73. The Labute approximate surface area is 122 Å². The highest BCUT2D eigenvalue weighted by molar-refractivity contribution is 6.00. The first kappa shape index (κ1) is 13.4. The summed E-state index contributed by atoms with van der Waals surface area (Å²) in [6.45, 7) is 0. The van der Waals surface area contributed by atoms with Crippen LogP contribution in [0.15, 0.2) is 54.6 Å². The second-order valence-electron chi connectivity index (χ2n) is 5.13. The number of hydrogen-bond acceptors (Lipinski definition) is 3. The highest BCUT2D eigenvalue weighted by atomic mass is 16.5. The van der Waals surface area contributed by atoms with Crippen LogP contribution in [0.25, 0.3) is 0 Å². The van der Waals surface area contributed by atoms with Crippen molar-refractivity contribution in [2.45, 2.75) is 18.4 Å². The molecule has 0 bridgehead atoms. The van der Waals surface area contributed by atoms with Crippen LogP contribution in [0, 0.1) is 0 Å². The van der Waals surface area contributed by atoms with E-state index in [9.17, 15) is 14.7 Å². The summed E-state index contributed by atoms with van der Waals surface area (Å²) in [7, 11) is 0. The van der Waals surface area contributed by atoms with Crippen molar-refractivity contribution in [1.82, 2.24) is 0 Å². The van der Waals surface area contributed by atoms with Gasteiger partial charge in [0.05, 0.1) is 18.4 Å².